The number of benzene rings is 1. The van der Waals surface area contributed by atoms with E-state index in [1.807, 2.05) is 0 Å². The molecule has 0 bridgehead atoms. The topological polar surface area (TPSA) is 21.3 Å². The molecule has 1 saturated heterocycles. The second-order valence-corrected chi connectivity index (χ2v) is 5.73. The van der Waals surface area contributed by atoms with Crippen molar-refractivity contribution >= 4 is 15.9 Å². The van der Waals surface area contributed by atoms with Crippen LogP contribution in [0, 0.1) is 0 Å². The monoisotopic (exact) mass is 281 g/mol. The zero-order valence-electron chi connectivity index (χ0n) is 9.26. The van der Waals surface area contributed by atoms with Crippen molar-refractivity contribution in [2.45, 2.75) is 31.3 Å². The summed E-state index contributed by atoms with van der Waals surface area (Å²) in [7, 11) is 0. The average molecular weight is 282 g/mol. The lowest BCUT2D eigenvalue weighted by atomic mass is 9.90. The van der Waals surface area contributed by atoms with E-state index in [1.54, 1.807) is 0 Å². The number of hydrogen-bond acceptors (Lipinski definition) is 2. The van der Waals surface area contributed by atoms with E-state index < -0.39 is 0 Å². The second kappa shape index (κ2) is 4.04. The maximum atomic E-state index is 6.21. The second-order valence-electron chi connectivity index (χ2n) is 4.82. The summed E-state index contributed by atoms with van der Waals surface area (Å²) < 4.78 is 7.36. The minimum absolute atomic E-state index is 0.0760. The predicted molar refractivity (Wildman–Crippen MR) is 67.9 cm³/mol. The Hall–Kier alpha value is -0.540. The highest BCUT2D eigenvalue weighted by Crippen LogP contribution is 2.41. The molecule has 0 aromatic heterocycles. The van der Waals surface area contributed by atoms with Crippen molar-refractivity contribution in [2.75, 3.05) is 13.1 Å². The maximum absolute atomic E-state index is 6.21. The lowest BCUT2D eigenvalue weighted by Gasteiger charge is -2.26. The van der Waals surface area contributed by atoms with Crippen LogP contribution in [0.5, 0.6) is 5.75 Å². The Kier molecular flexibility index (Phi) is 2.68. The van der Waals surface area contributed by atoms with E-state index in [2.05, 4.69) is 39.4 Å². The van der Waals surface area contributed by atoms with E-state index in [4.69, 9.17) is 4.74 Å². The quantitative estimate of drug-likeness (QED) is 0.790. The molecule has 1 spiro atoms. The van der Waals surface area contributed by atoms with Crippen LogP contribution < -0.4 is 10.1 Å². The Morgan fingerprint density at radius 1 is 1.25 bits per heavy atom. The van der Waals surface area contributed by atoms with Crippen LogP contribution in [-0.2, 0) is 6.42 Å². The van der Waals surface area contributed by atoms with Gasteiger partial charge in [0.05, 0.1) is 0 Å². The minimum Gasteiger partial charge on any atom is -0.487 e. The van der Waals surface area contributed by atoms with Gasteiger partial charge in [-0.25, -0.2) is 0 Å². The normalized spacial score (nSPS) is 28.6. The largest absolute Gasteiger partial charge is 0.487 e. The van der Waals surface area contributed by atoms with Crippen LogP contribution in [0.25, 0.3) is 0 Å². The molecule has 1 aromatic rings. The lowest BCUT2D eigenvalue weighted by Crippen LogP contribution is -2.35. The molecule has 86 valence electrons. The molecule has 2 aliphatic heterocycles. The molecular weight excluding hydrogens is 266 g/mol. The Morgan fingerprint density at radius 3 is 3.12 bits per heavy atom. The maximum Gasteiger partial charge on any atom is 0.123 e. The van der Waals surface area contributed by atoms with Crippen LogP contribution in [0.2, 0.25) is 0 Å². The van der Waals surface area contributed by atoms with E-state index in [1.165, 1.54) is 18.4 Å². The van der Waals surface area contributed by atoms with E-state index >= 15 is 0 Å². The highest BCUT2D eigenvalue weighted by atomic mass is 79.9. The minimum atomic E-state index is 0.0760. The van der Waals surface area contributed by atoms with Gasteiger partial charge < -0.3 is 10.1 Å². The van der Waals surface area contributed by atoms with Gasteiger partial charge in [0, 0.05) is 10.9 Å². The molecule has 1 aromatic carbocycles. The molecule has 1 atom stereocenters. The summed E-state index contributed by atoms with van der Waals surface area (Å²) in [5, 5.41) is 3.45. The van der Waals surface area contributed by atoms with E-state index in [-0.39, 0.29) is 5.60 Å². The van der Waals surface area contributed by atoms with Gasteiger partial charge in [0.2, 0.25) is 0 Å². The van der Waals surface area contributed by atoms with E-state index in [0.29, 0.717) is 0 Å². The van der Waals surface area contributed by atoms with E-state index in [9.17, 15) is 0 Å². The summed E-state index contributed by atoms with van der Waals surface area (Å²) in [5.41, 5.74) is 1.43. The van der Waals surface area contributed by atoms with E-state index in [0.717, 1.165) is 36.2 Å². The third-order valence-electron chi connectivity index (χ3n) is 3.60. The molecule has 0 radical (unpaired) electrons. The molecule has 1 fully saturated rings. The summed E-state index contributed by atoms with van der Waals surface area (Å²) in [6.45, 7) is 2.21. The number of ether oxygens (including phenoxy) is 1. The lowest BCUT2D eigenvalue weighted by molar-refractivity contribution is 0.0809. The Bertz CT molecular complexity index is 397. The zero-order valence-corrected chi connectivity index (χ0v) is 10.8. The van der Waals surface area contributed by atoms with Crippen molar-refractivity contribution in [3.63, 3.8) is 0 Å². The molecule has 2 nitrogen and oxygen atoms in total. The first kappa shape index (κ1) is 10.6. The molecular formula is C13H16BrNO. The number of nitrogens with one attached hydrogen (secondary N) is 1. The number of halogens is 1. The van der Waals surface area contributed by atoms with Gasteiger partial charge in [-0.05, 0) is 56.1 Å². The van der Waals surface area contributed by atoms with Crippen molar-refractivity contribution in [2.24, 2.45) is 0 Å². The van der Waals surface area contributed by atoms with Crippen molar-refractivity contribution in [1.29, 1.82) is 0 Å². The highest BCUT2D eigenvalue weighted by molar-refractivity contribution is 9.10. The molecule has 2 heterocycles. The Balaban J connectivity index is 1.87. The van der Waals surface area contributed by atoms with Crippen molar-refractivity contribution in [3.8, 4) is 5.75 Å². The van der Waals surface area contributed by atoms with Gasteiger partial charge in [-0.1, -0.05) is 15.9 Å². The van der Waals surface area contributed by atoms with Crippen LogP contribution in [0.1, 0.15) is 24.8 Å². The van der Waals surface area contributed by atoms with Crippen LogP contribution in [-0.4, -0.2) is 18.7 Å². The van der Waals surface area contributed by atoms with Crippen LogP contribution in [0.15, 0.2) is 22.7 Å². The summed E-state index contributed by atoms with van der Waals surface area (Å²) in [6.07, 6.45) is 4.59. The molecule has 0 aliphatic carbocycles. The molecule has 3 rings (SSSR count). The summed E-state index contributed by atoms with van der Waals surface area (Å²) >= 11 is 3.52. The van der Waals surface area contributed by atoms with Gasteiger partial charge in [0.15, 0.2) is 0 Å². The van der Waals surface area contributed by atoms with Crippen molar-refractivity contribution < 1.29 is 4.74 Å². The third-order valence-corrected chi connectivity index (χ3v) is 4.10. The Labute approximate surface area is 105 Å². The fraction of sp³-hybridized carbons (Fsp3) is 0.538. The first-order chi connectivity index (χ1) is 7.77. The molecule has 16 heavy (non-hydrogen) atoms. The highest BCUT2D eigenvalue weighted by Gasteiger charge is 2.39. The number of hydrogen-bond donors (Lipinski definition) is 1. The average Bonchev–Trinajstić information content (AvgIpc) is 2.44. The number of fused-ring (bicyclic) bond motifs is 1. The molecule has 0 amide bonds. The fourth-order valence-electron chi connectivity index (χ4n) is 2.78. The zero-order chi connectivity index (χ0) is 11.0. The summed E-state index contributed by atoms with van der Waals surface area (Å²) in [6, 6.07) is 6.35. The first-order valence-corrected chi connectivity index (χ1v) is 6.75. The molecule has 1 unspecified atom stereocenters. The molecule has 2 aliphatic rings. The number of rotatable bonds is 0. The molecule has 0 saturated carbocycles. The van der Waals surface area contributed by atoms with Gasteiger partial charge in [0.25, 0.3) is 0 Å². The van der Waals surface area contributed by atoms with Gasteiger partial charge in [0.1, 0.15) is 11.4 Å². The Morgan fingerprint density at radius 2 is 2.19 bits per heavy atom. The van der Waals surface area contributed by atoms with Crippen molar-refractivity contribution in [1.82, 2.24) is 5.32 Å². The molecule has 1 N–H and O–H groups in total. The smallest absolute Gasteiger partial charge is 0.123 e. The SMILES string of the molecule is Brc1ccc2c(c1)CC1(CCCNCC1)O2. The predicted octanol–water partition coefficient (Wildman–Crippen LogP) is 2.90. The van der Waals surface area contributed by atoms with Crippen LogP contribution in [0.4, 0.5) is 0 Å². The fourth-order valence-corrected chi connectivity index (χ4v) is 3.19. The summed E-state index contributed by atoms with van der Waals surface area (Å²) in [4.78, 5) is 0. The van der Waals surface area contributed by atoms with Gasteiger partial charge >= 0.3 is 0 Å². The van der Waals surface area contributed by atoms with Crippen LogP contribution in [0.3, 0.4) is 0 Å². The molecule has 3 heteroatoms. The van der Waals surface area contributed by atoms with Gasteiger partial charge in [-0.15, -0.1) is 0 Å². The third kappa shape index (κ3) is 1.87. The summed E-state index contributed by atoms with van der Waals surface area (Å²) in [5.74, 6) is 1.09. The van der Waals surface area contributed by atoms with Gasteiger partial charge in [-0.2, -0.15) is 0 Å². The van der Waals surface area contributed by atoms with Gasteiger partial charge in [-0.3, -0.25) is 0 Å². The van der Waals surface area contributed by atoms with Crippen LogP contribution >= 0.6 is 15.9 Å². The first-order valence-electron chi connectivity index (χ1n) is 5.96. The standard InChI is InChI=1S/C13H16BrNO/c14-11-2-3-12-10(8-11)9-13(16-12)4-1-6-15-7-5-13/h2-3,8,15H,1,4-7,9H2. The van der Waals surface area contributed by atoms with Crippen molar-refractivity contribution in [3.05, 3.63) is 28.2 Å².